The van der Waals surface area contributed by atoms with Crippen LogP contribution in [-0.2, 0) is 22.5 Å². The number of aromatic nitrogens is 2. The average Bonchev–Trinajstić information content (AvgIpc) is 2.89. The summed E-state index contributed by atoms with van der Waals surface area (Å²) in [4.78, 5) is 34.6. The molecule has 1 atom stereocenters. The highest BCUT2D eigenvalue weighted by atomic mass is 16.5. The van der Waals surface area contributed by atoms with E-state index in [4.69, 9.17) is 19.2 Å². The number of nitrogens with zero attached hydrogens (tertiary/aromatic N) is 4. The standard InChI is InChI=1S/C27H34N4O5/c1-18(34-3)16-30-13-12-29(17-26(30)32)21-7-8-22-23(15-21)28-19(2)31(27(22)33)11-10-20-6-9-24(35-4)25(14-20)36-5/h6-9,14-15,18H,10-13,16-17H2,1-5H3/t18-/m1/s1. The number of rotatable bonds is 9. The van der Waals surface area contributed by atoms with Crippen molar-refractivity contribution in [3.8, 4) is 11.5 Å². The Morgan fingerprint density at radius 1 is 1.00 bits per heavy atom. The quantitative estimate of drug-likeness (QED) is 0.452. The Labute approximate surface area is 211 Å². The molecule has 1 aliphatic heterocycles. The number of anilines is 1. The lowest BCUT2D eigenvalue weighted by atomic mass is 10.1. The number of methoxy groups -OCH3 is 3. The van der Waals surface area contributed by atoms with E-state index in [2.05, 4.69) is 0 Å². The van der Waals surface area contributed by atoms with E-state index in [-0.39, 0.29) is 17.6 Å². The molecule has 0 radical (unpaired) electrons. The third-order valence-corrected chi connectivity index (χ3v) is 6.77. The minimum atomic E-state index is -0.0704. The number of carbonyl (C=O) groups is 1. The molecule has 192 valence electrons. The topological polar surface area (TPSA) is 86.1 Å². The number of carbonyl (C=O) groups excluding carboxylic acids is 1. The Morgan fingerprint density at radius 2 is 1.78 bits per heavy atom. The second-order valence-corrected chi connectivity index (χ2v) is 9.06. The Balaban J connectivity index is 1.51. The first kappa shape index (κ1) is 25.5. The van der Waals surface area contributed by atoms with Gasteiger partial charge in [0.25, 0.3) is 5.56 Å². The van der Waals surface area contributed by atoms with E-state index >= 15 is 0 Å². The van der Waals surface area contributed by atoms with E-state index in [0.717, 1.165) is 17.8 Å². The molecule has 4 rings (SSSR count). The van der Waals surface area contributed by atoms with Crippen molar-refractivity contribution in [2.75, 3.05) is 52.4 Å². The molecule has 1 fully saturated rings. The minimum Gasteiger partial charge on any atom is -0.493 e. The molecule has 1 aliphatic rings. The zero-order valence-corrected chi connectivity index (χ0v) is 21.6. The van der Waals surface area contributed by atoms with Gasteiger partial charge in [0.1, 0.15) is 5.82 Å². The van der Waals surface area contributed by atoms with E-state index < -0.39 is 0 Å². The van der Waals surface area contributed by atoms with Gasteiger partial charge in [-0.1, -0.05) is 6.07 Å². The average molecular weight is 495 g/mol. The molecular weight excluding hydrogens is 460 g/mol. The van der Waals surface area contributed by atoms with Gasteiger partial charge in [-0.05, 0) is 56.2 Å². The second-order valence-electron chi connectivity index (χ2n) is 9.06. The maximum atomic E-state index is 13.3. The lowest BCUT2D eigenvalue weighted by Gasteiger charge is -2.36. The smallest absolute Gasteiger partial charge is 0.261 e. The van der Waals surface area contributed by atoms with E-state index in [1.807, 2.05) is 60.0 Å². The number of fused-ring (bicyclic) bond motifs is 1. The Kier molecular flexibility index (Phi) is 7.79. The Hall–Kier alpha value is -3.59. The van der Waals surface area contributed by atoms with Crippen molar-refractivity contribution in [3.05, 3.63) is 58.1 Å². The lowest BCUT2D eigenvalue weighted by Crippen LogP contribution is -2.52. The van der Waals surface area contributed by atoms with E-state index in [1.54, 1.807) is 25.9 Å². The summed E-state index contributed by atoms with van der Waals surface area (Å²) < 4.78 is 17.7. The molecule has 9 heteroatoms. The summed E-state index contributed by atoms with van der Waals surface area (Å²) >= 11 is 0. The van der Waals surface area contributed by atoms with Crippen molar-refractivity contribution in [3.63, 3.8) is 0 Å². The molecule has 0 aliphatic carbocycles. The van der Waals surface area contributed by atoms with Gasteiger partial charge in [0.15, 0.2) is 11.5 Å². The van der Waals surface area contributed by atoms with Gasteiger partial charge in [0.2, 0.25) is 5.91 Å². The molecule has 36 heavy (non-hydrogen) atoms. The summed E-state index contributed by atoms with van der Waals surface area (Å²) in [5, 5.41) is 0.565. The summed E-state index contributed by atoms with van der Waals surface area (Å²) in [6, 6.07) is 11.4. The normalized spacial score (nSPS) is 14.9. The third kappa shape index (κ3) is 5.31. The SMILES string of the molecule is COc1ccc(CCn2c(C)nc3cc(N4CCN(C[C@@H](C)OC)C(=O)C4)ccc3c2=O)cc1OC. The van der Waals surface area contributed by atoms with Gasteiger partial charge in [0, 0.05) is 39.0 Å². The number of aryl methyl sites for hydroxylation is 2. The zero-order valence-electron chi connectivity index (χ0n) is 21.6. The monoisotopic (exact) mass is 494 g/mol. The zero-order chi connectivity index (χ0) is 25.8. The predicted octanol–water partition coefficient (Wildman–Crippen LogP) is 2.65. The summed E-state index contributed by atoms with van der Waals surface area (Å²) in [6.07, 6.45) is 0.655. The molecule has 1 aromatic heterocycles. The van der Waals surface area contributed by atoms with Gasteiger partial charge in [-0.15, -0.1) is 0 Å². The van der Waals surface area contributed by atoms with Crippen LogP contribution in [0.4, 0.5) is 5.69 Å². The van der Waals surface area contributed by atoms with Crippen LogP contribution in [0, 0.1) is 6.92 Å². The third-order valence-electron chi connectivity index (χ3n) is 6.77. The highest BCUT2D eigenvalue weighted by molar-refractivity contribution is 5.86. The van der Waals surface area contributed by atoms with Crippen LogP contribution in [-0.4, -0.2) is 74.0 Å². The van der Waals surface area contributed by atoms with Crippen LogP contribution < -0.4 is 19.9 Å². The number of hydrogen-bond acceptors (Lipinski definition) is 7. The number of benzene rings is 2. The first-order chi connectivity index (χ1) is 17.3. The molecule has 3 aromatic rings. The molecule has 1 amide bonds. The fourth-order valence-corrected chi connectivity index (χ4v) is 4.56. The van der Waals surface area contributed by atoms with Crippen molar-refractivity contribution in [2.45, 2.75) is 32.9 Å². The van der Waals surface area contributed by atoms with Gasteiger partial charge in [-0.3, -0.25) is 14.2 Å². The number of ether oxygens (including phenoxy) is 3. The molecule has 0 bridgehead atoms. The fraction of sp³-hybridized carbons (Fsp3) is 0.444. The van der Waals surface area contributed by atoms with Crippen molar-refractivity contribution in [2.24, 2.45) is 0 Å². The van der Waals surface area contributed by atoms with Crippen LogP contribution in [0.2, 0.25) is 0 Å². The predicted molar refractivity (Wildman–Crippen MR) is 139 cm³/mol. The summed E-state index contributed by atoms with van der Waals surface area (Å²) in [7, 11) is 4.86. The van der Waals surface area contributed by atoms with E-state index in [0.29, 0.717) is 60.8 Å². The largest absolute Gasteiger partial charge is 0.493 e. The van der Waals surface area contributed by atoms with Gasteiger partial charge >= 0.3 is 0 Å². The minimum absolute atomic E-state index is 0.00210. The van der Waals surface area contributed by atoms with Crippen molar-refractivity contribution >= 4 is 22.5 Å². The van der Waals surface area contributed by atoms with Crippen LogP contribution in [0.25, 0.3) is 10.9 Å². The summed E-state index contributed by atoms with van der Waals surface area (Å²) in [5.41, 5.74) is 2.50. The maximum absolute atomic E-state index is 13.3. The molecule has 2 heterocycles. The first-order valence-electron chi connectivity index (χ1n) is 12.1. The van der Waals surface area contributed by atoms with Crippen LogP contribution >= 0.6 is 0 Å². The molecule has 0 unspecified atom stereocenters. The second kappa shape index (κ2) is 11.0. The van der Waals surface area contributed by atoms with Crippen LogP contribution in [0.3, 0.4) is 0 Å². The highest BCUT2D eigenvalue weighted by Crippen LogP contribution is 2.28. The molecule has 2 aromatic carbocycles. The number of hydrogen-bond donors (Lipinski definition) is 0. The van der Waals surface area contributed by atoms with Crippen LogP contribution in [0.15, 0.2) is 41.2 Å². The van der Waals surface area contributed by atoms with Crippen molar-refractivity contribution in [1.82, 2.24) is 14.5 Å². The van der Waals surface area contributed by atoms with Gasteiger partial charge < -0.3 is 24.0 Å². The molecule has 1 saturated heterocycles. The highest BCUT2D eigenvalue weighted by Gasteiger charge is 2.25. The van der Waals surface area contributed by atoms with Gasteiger partial charge in [-0.25, -0.2) is 4.98 Å². The maximum Gasteiger partial charge on any atom is 0.261 e. The Morgan fingerprint density at radius 3 is 2.47 bits per heavy atom. The first-order valence-corrected chi connectivity index (χ1v) is 12.1. The van der Waals surface area contributed by atoms with Crippen LogP contribution in [0.5, 0.6) is 11.5 Å². The molecule has 0 N–H and O–H groups in total. The Bertz CT molecular complexity index is 1310. The number of amides is 1. The van der Waals surface area contributed by atoms with Gasteiger partial charge in [0.05, 0.1) is 37.8 Å². The fourth-order valence-electron chi connectivity index (χ4n) is 4.56. The summed E-state index contributed by atoms with van der Waals surface area (Å²) in [6.45, 7) is 6.54. The number of piperazine rings is 1. The lowest BCUT2D eigenvalue weighted by molar-refractivity contribution is -0.132. The molecule has 9 nitrogen and oxygen atoms in total. The molecule has 0 saturated carbocycles. The summed E-state index contributed by atoms with van der Waals surface area (Å²) in [5.74, 6) is 2.06. The van der Waals surface area contributed by atoms with Gasteiger partial charge in [-0.2, -0.15) is 0 Å². The molecule has 0 spiro atoms. The van der Waals surface area contributed by atoms with Crippen molar-refractivity contribution in [1.29, 1.82) is 0 Å². The van der Waals surface area contributed by atoms with E-state index in [1.165, 1.54) is 0 Å². The van der Waals surface area contributed by atoms with E-state index in [9.17, 15) is 9.59 Å². The van der Waals surface area contributed by atoms with Crippen molar-refractivity contribution < 1.29 is 19.0 Å². The molecular formula is C27H34N4O5. The van der Waals surface area contributed by atoms with Crippen LogP contribution in [0.1, 0.15) is 18.3 Å².